The molecule has 0 saturated carbocycles. The van der Waals surface area contributed by atoms with Crippen molar-refractivity contribution < 1.29 is 9.32 Å². The molecule has 1 saturated heterocycles. The lowest BCUT2D eigenvalue weighted by Gasteiger charge is -2.23. The molecule has 1 amide bonds. The van der Waals surface area contributed by atoms with E-state index in [0.717, 1.165) is 47.0 Å². The molecule has 9 heteroatoms. The lowest BCUT2D eigenvalue weighted by Crippen LogP contribution is -2.27. The molecule has 1 aliphatic rings. The number of amides is 1. The van der Waals surface area contributed by atoms with E-state index in [-0.39, 0.29) is 17.3 Å². The molecule has 1 aliphatic heterocycles. The van der Waals surface area contributed by atoms with E-state index in [9.17, 15) is 4.79 Å². The third-order valence-corrected chi connectivity index (χ3v) is 7.33. The fourth-order valence-electron chi connectivity index (χ4n) is 5.00. The molecular weight excluding hydrogens is 502 g/mol. The summed E-state index contributed by atoms with van der Waals surface area (Å²) in [7, 11) is 0. The summed E-state index contributed by atoms with van der Waals surface area (Å²) in [5.74, 6) is 1.43. The molecule has 40 heavy (non-hydrogen) atoms. The van der Waals surface area contributed by atoms with Gasteiger partial charge in [0.1, 0.15) is 12.1 Å². The van der Waals surface area contributed by atoms with Crippen LogP contribution in [-0.4, -0.2) is 39.1 Å². The molecule has 5 rings (SSSR count). The number of carbonyl (C=O) groups excluding carboxylic acids is 1. The number of anilines is 2. The zero-order chi connectivity index (χ0) is 28.3. The van der Waals surface area contributed by atoms with Gasteiger partial charge in [0.05, 0.1) is 11.7 Å². The Kier molecular flexibility index (Phi) is 7.93. The number of aryl methyl sites for hydroxylation is 1. The molecule has 9 nitrogen and oxygen atoms in total. The van der Waals surface area contributed by atoms with E-state index < -0.39 is 5.91 Å². The number of hydrogen-bond donors (Lipinski definition) is 3. The summed E-state index contributed by atoms with van der Waals surface area (Å²) >= 11 is 0. The van der Waals surface area contributed by atoms with Crippen molar-refractivity contribution in [1.82, 2.24) is 30.7 Å². The molecule has 1 fully saturated rings. The van der Waals surface area contributed by atoms with Crippen LogP contribution >= 0.6 is 0 Å². The first kappa shape index (κ1) is 27.5. The number of piperidine rings is 1. The molecule has 0 unspecified atom stereocenters. The van der Waals surface area contributed by atoms with Crippen molar-refractivity contribution in [3.63, 3.8) is 0 Å². The lowest BCUT2D eigenvalue weighted by molar-refractivity contribution is 0.0895. The molecular formula is C31H37N7O2. The van der Waals surface area contributed by atoms with Gasteiger partial charge < -0.3 is 20.5 Å². The van der Waals surface area contributed by atoms with E-state index in [4.69, 9.17) is 4.52 Å². The summed E-state index contributed by atoms with van der Waals surface area (Å²) in [4.78, 5) is 25.9. The molecule has 0 radical (unpaired) electrons. The van der Waals surface area contributed by atoms with Gasteiger partial charge in [0.15, 0.2) is 5.82 Å². The van der Waals surface area contributed by atoms with Crippen LogP contribution in [-0.2, 0) is 5.41 Å². The van der Waals surface area contributed by atoms with E-state index in [2.05, 4.69) is 66.4 Å². The highest BCUT2D eigenvalue weighted by Crippen LogP contribution is 2.29. The summed E-state index contributed by atoms with van der Waals surface area (Å²) in [5, 5.41) is 13.7. The molecule has 0 aliphatic carbocycles. The van der Waals surface area contributed by atoms with E-state index in [1.54, 1.807) is 6.33 Å². The highest BCUT2D eigenvalue weighted by molar-refractivity contribution is 5.89. The number of aromatic nitrogens is 4. The molecule has 0 bridgehead atoms. The minimum atomic E-state index is -0.394. The third kappa shape index (κ3) is 6.37. The average Bonchev–Trinajstić information content (AvgIpc) is 3.46. The van der Waals surface area contributed by atoms with E-state index in [1.165, 1.54) is 18.4 Å². The van der Waals surface area contributed by atoms with Crippen molar-refractivity contribution in [3.8, 4) is 11.3 Å². The predicted molar refractivity (Wildman–Crippen MR) is 156 cm³/mol. The van der Waals surface area contributed by atoms with Gasteiger partial charge in [-0.25, -0.2) is 9.97 Å². The van der Waals surface area contributed by atoms with E-state index >= 15 is 0 Å². The molecule has 1 atom stereocenters. The lowest BCUT2D eigenvalue weighted by atomic mass is 9.90. The van der Waals surface area contributed by atoms with Crippen molar-refractivity contribution in [1.29, 1.82) is 0 Å². The Bertz CT molecular complexity index is 1470. The standard InChI is InChI=1S/C31H37N7O2/c1-19-16-23(8-11-25(19)20(2)35-28(39)29-37-30(38-40-29)31(3,4)5)26-17-27(34-18-33-26)36-24-9-6-21(7-10-24)22-12-14-32-15-13-22/h6-11,16-18,20,22,32H,12-15H2,1-5H3,(H,35,39)(H,33,34,36)/t20-/m1/s1. The van der Waals surface area contributed by atoms with E-state index in [0.29, 0.717) is 11.7 Å². The van der Waals surface area contributed by atoms with Gasteiger partial charge in [0, 0.05) is 22.7 Å². The summed E-state index contributed by atoms with van der Waals surface area (Å²) in [5.41, 5.74) is 5.90. The van der Waals surface area contributed by atoms with Crippen LogP contribution in [0, 0.1) is 6.92 Å². The van der Waals surface area contributed by atoms with Crippen molar-refractivity contribution in [2.45, 2.75) is 64.8 Å². The average molecular weight is 540 g/mol. The number of carbonyl (C=O) groups is 1. The number of hydrogen-bond acceptors (Lipinski definition) is 8. The van der Waals surface area contributed by atoms with Crippen molar-refractivity contribution in [2.75, 3.05) is 18.4 Å². The SMILES string of the molecule is Cc1cc(-c2cc(Nc3ccc(C4CCNCC4)cc3)ncn2)ccc1[C@@H](C)NC(=O)c1nc(C(C)(C)C)no1. The predicted octanol–water partition coefficient (Wildman–Crippen LogP) is 5.83. The Morgan fingerprint density at radius 3 is 2.48 bits per heavy atom. The van der Waals surface area contributed by atoms with Crippen LogP contribution in [0.5, 0.6) is 0 Å². The fraction of sp³-hybridized carbons (Fsp3) is 0.387. The quantitative estimate of drug-likeness (QED) is 0.268. The van der Waals surface area contributed by atoms with Gasteiger partial charge in [-0.15, -0.1) is 0 Å². The molecule has 3 heterocycles. The van der Waals surface area contributed by atoms with Crippen LogP contribution in [0.1, 0.15) is 85.7 Å². The van der Waals surface area contributed by atoms with Crippen LogP contribution in [0.3, 0.4) is 0 Å². The van der Waals surface area contributed by atoms with E-state index in [1.807, 2.05) is 52.8 Å². The van der Waals surface area contributed by atoms with Crippen LogP contribution in [0.4, 0.5) is 11.5 Å². The van der Waals surface area contributed by atoms with Gasteiger partial charge in [-0.1, -0.05) is 50.2 Å². The minimum absolute atomic E-state index is 0.0343. The number of nitrogens with one attached hydrogen (secondary N) is 3. The second-order valence-electron chi connectivity index (χ2n) is 11.5. The van der Waals surface area contributed by atoms with Gasteiger partial charge in [-0.3, -0.25) is 4.79 Å². The maximum Gasteiger partial charge on any atom is 0.315 e. The zero-order valence-corrected chi connectivity index (χ0v) is 23.8. The molecule has 4 aromatic rings. The number of benzene rings is 2. The largest absolute Gasteiger partial charge is 0.341 e. The molecule has 208 valence electrons. The molecule has 3 N–H and O–H groups in total. The Balaban J connectivity index is 1.25. The Morgan fingerprint density at radius 1 is 1.05 bits per heavy atom. The topological polar surface area (TPSA) is 118 Å². The maximum absolute atomic E-state index is 12.7. The highest BCUT2D eigenvalue weighted by atomic mass is 16.5. The van der Waals surface area contributed by atoms with Crippen LogP contribution in [0.15, 0.2) is 59.4 Å². The summed E-state index contributed by atoms with van der Waals surface area (Å²) in [6.07, 6.45) is 3.94. The highest BCUT2D eigenvalue weighted by Gasteiger charge is 2.25. The van der Waals surface area contributed by atoms with Crippen molar-refractivity contribution in [2.24, 2.45) is 0 Å². The van der Waals surface area contributed by atoms with Crippen molar-refractivity contribution >= 4 is 17.4 Å². The first-order chi connectivity index (χ1) is 19.2. The van der Waals surface area contributed by atoms with Crippen LogP contribution in [0.2, 0.25) is 0 Å². The first-order valence-corrected chi connectivity index (χ1v) is 13.8. The monoisotopic (exact) mass is 539 g/mol. The van der Waals surface area contributed by atoms with Crippen LogP contribution in [0.25, 0.3) is 11.3 Å². The van der Waals surface area contributed by atoms with Crippen molar-refractivity contribution in [3.05, 3.63) is 83.3 Å². The third-order valence-electron chi connectivity index (χ3n) is 7.33. The maximum atomic E-state index is 12.7. The minimum Gasteiger partial charge on any atom is -0.341 e. The number of nitrogens with zero attached hydrogens (tertiary/aromatic N) is 4. The van der Waals surface area contributed by atoms with Gasteiger partial charge in [-0.2, -0.15) is 4.98 Å². The Labute approximate surface area is 235 Å². The summed E-state index contributed by atoms with van der Waals surface area (Å²) in [6.45, 7) is 12.0. The Hall–Kier alpha value is -4.11. The zero-order valence-electron chi connectivity index (χ0n) is 23.8. The Morgan fingerprint density at radius 2 is 1.80 bits per heavy atom. The molecule has 2 aromatic heterocycles. The van der Waals surface area contributed by atoms with Gasteiger partial charge in [-0.05, 0) is 80.6 Å². The summed E-state index contributed by atoms with van der Waals surface area (Å²) in [6, 6.07) is 16.5. The first-order valence-electron chi connectivity index (χ1n) is 13.8. The van der Waals surface area contributed by atoms with Gasteiger partial charge in [0.25, 0.3) is 0 Å². The molecule has 2 aromatic carbocycles. The van der Waals surface area contributed by atoms with Gasteiger partial charge in [0.2, 0.25) is 0 Å². The summed E-state index contributed by atoms with van der Waals surface area (Å²) < 4.78 is 5.19. The van der Waals surface area contributed by atoms with Gasteiger partial charge >= 0.3 is 11.8 Å². The number of rotatable bonds is 7. The fourth-order valence-corrected chi connectivity index (χ4v) is 5.00. The smallest absolute Gasteiger partial charge is 0.315 e. The second kappa shape index (κ2) is 11.6. The normalized spacial score (nSPS) is 15.0. The second-order valence-corrected chi connectivity index (χ2v) is 11.5. The van der Waals surface area contributed by atoms with Crippen LogP contribution < -0.4 is 16.0 Å². The molecule has 0 spiro atoms.